The van der Waals surface area contributed by atoms with Gasteiger partial charge in [0, 0.05) is 17.1 Å². The predicted octanol–water partition coefficient (Wildman–Crippen LogP) is 15.3. The van der Waals surface area contributed by atoms with E-state index in [-0.39, 0.29) is 29.1 Å². The molecule has 1 heteroatoms. The van der Waals surface area contributed by atoms with E-state index in [4.69, 9.17) is 6.85 Å². The van der Waals surface area contributed by atoms with E-state index >= 15 is 0 Å². The van der Waals surface area contributed by atoms with Crippen LogP contribution >= 0.6 is 0 Å². The maximum Gasteiger partial charge on any atom is 0.0714 e. The normalized spacial score (nSPS) is 15.5. The fraction of sp³-hybridized carbons (Fsp3) is 0.0175. The fourth-order valence-corrected chi connectivity index (χ4v) is 7.78. The molecule has 0 atom stereocenters. The quantitative estimate of drug-likeness (QED) is 0.119. The lowest BCUT2D eigenvalue weighted by atomic mass is 9.67. The summed E-state index contributed by atoms with van der Waals surface area (Å²) in [5, 5.41) is 0. The van der Waals surface area contributed by atoms with Crippen molar-refractivity contribution >= 4 is 29.2 Å². The van der Waals surface area contributed by atoms with Crippen molar-refractivity contribution < 1.29 is 16.4 Å². The molecule has 0 aromatic heterocycles. The first-order valence-electron chi connectivity index (χ1n) is 24.9. The minimum Gasteiger partial charge on any atom is -0.310 e. The van der Waals surface area contributed by atoms with Crippen LogP contribution in [0.15, 0.2) is 237 Å². The zero-order valence-electron chi connectivity index (χ0n) is 43.4. The van der Waals surface area contributed by atoms with E-state index in [9.17, 15) is 9.60 Å². The summed E-state index contributed by atoms with van der Waals surface area (Å²) < 4.78 is 111. The Labute approximate surface area is 359 Å². The molecular formula is C57H43N. The number of benzene rings is 8. The van der Waals surface area contributed by atoms with Crippen LogP contribution in [-0.2, 0) is 5.41 Å². The van der Waals surface area contributed by atoms with Gasteiger partial charge in [0.1, 0.15) is 0 Å². The third kappa shape index (κ3) is 6.53. The third-order valence-corrected chi connectivity index (χ3v) is 10.4. The van der Waals surface area contributed by atoms with Crippen molar-refractivity contribution in [3.63, 3.8) is 0 Å². The van der Waals surface area contributed by atoms with Crippen molar-refractivity contribution in [1.82, 2.24) is 0 Å². The van der Waals surface area contributed by atoms with Crippen molar-refractivity contribution in [3.8, 4) is 33.4 Å². The van der Waals surface area contributed by atoms with Crippen molar-refractivity contribution in [2.24, 2.45) is 0 Å². The summed E-state index contributed by atoms with van der Waals surface area (Å²) in [5.41, 5.74) is 4.72. The summed E-state index contributed by atoms with van der Waals surface area (Å²) in [7, 11) is 0. The van der Waals surface area contributed by atoms with Gasteiger partial charge in [-0.15, -0.1) is 0 Å². The Morgan fingerprint density at radius 2 is 1.03 bits per heavy atom. The molecular weight excluding hydrogens is 699 g/mol. The minimum absolute atomic E-state index is 0.188. The van der Waals surface area contributed by atoms with E-state index in [1.54, 1.807) is 24.3 Å². The maximum absolute atomic E-state index is 10.5. The summed E-state index contributed by atoms with van der Waals surface area (Å²) >= 11 is 0. The molecule has 0 N–H and O–H groups in total. The lowest BCUT2D eigenvalue weighted by Crippen LogP contribution is -2.28. The van der Waals surface area contributed by atoms with Gasteiger partial charge in [0.05, 0.1) is 21.9 Å². The molecule has 0 saturated carbocycles. The molecule has 0 radical (unpaired) electrons. The van der Waals surface area contributed by atoms with Crippen molar-refractivity contribution in [2.75, 3.05) is 4.90 Å². The molecule has 1 nitrogen and oxygen atoms in total. The van der Waals surface area contributed by atoms with Gasteiger partial charge >= 0.3 is 0 Å². The first kappa shape index (κ1) is 24.9. The first-order valence-corrected chi connectivity index (χ1v) is 18.9. The van der Waals surface area contributed by atoms with E-state index in [1.807, 2.05) is 140 Å². The van der Waals surface area contributed by atoms with E-state index in [2.05, 4.69) is 13.2 Å². The van der Waals surface area contributed by atoms with Crippen LogP contribution in [0.4, 0.5) is 17.1 Å². The van der Waals surface area contributed by atoms with Gasteiger partial charge in [-0.25, -0.2) is 0 Å². The van der Waals surface area contributed by atoms with Gasteiger partial charge in [-0.3, -0.25) is 0 Å². The number of rotatable bonds is 11. The van der Waals surface area contributed by atoms with Crippen LogP contribution in [0.2, 0.25) is 0 Å². The Hall–Kier alpha value is -7.48. The van der Waals surface area contributed by atoms with E-state index in [0.29, 0.717) is 16.7 Å². The lowest BCUT2D eigenvalue weighted by Gasteiger charge is -2.35. The van der Waals surface area contributed by atoms with Crippen molar-refractivity contribution in [3.05, 3.63) is 271 Å². The standard InChI is InChI=1S/C57H43N/c1-3-5-18-43-28-29-47(40-46(43)19-6-4-2)45-32-36-51(37-33-45)58(50-34-30-44(31-35-50)42-20-10-7-11-21-42)52-38-39-54-53-26-16-17-27-55(53)57(56(54)41-52,48-22-12-8-13-23-48)49-24-14-9-15-25-49/h3-41H,1-2H2/b18-5-,19-6-/i7D,10D,11D,20D,21D,30D,31D,34D,35D,38D,39D,41D. The summed E-state index contributed by atoms with van der Waals surface area (Å²) in [4.78, 5) is 1.32. The predicted molar refractivity (Wildman–Crippen MR) is 248 cm³/mol. The smallest absolute Gasteiger partial charge is 0.0714 e. The van der Waals surface area contributed by atoms with Crippen LogP contribution < -0.4 is 4.90 Å². The highest BCUT2D eigenvalue weighted by molar-refractivity contribution is 5.90. The van der Waals surface area contributed by atoms with E-state index < -0.39 is 77.0 Å². The highest BCUT2D eigenvalue weighted by Crippen LogP contribution is 2.57. The second-order valence-corrected chi connectivity index (χ2v) is 13.6. The average Bonchev–Trinajstić information content (AvgIpc) is 3.71. The fourth-order valence-electron chi connectivity index (χ4n) is 7.78. The van der Waals surface area contributed by atoms with Crippen LogP contribution in [0.1, 0.15) is 49.8 Å². The molecule has 0 aliphatic heterocycles. The SMILES string of the molecule is [2H]c1c([2H])c([2H])c(-c2c([2H])c([2H])c(N(c3ccc(-c4ccc(/C=C\C=C)c(/C=C\C=C)c4)cc3)c3c([2H])c([2H])c4c(c3[2H])C(c3ccccc3)(c3ccccc3)c3ccccc3-4)c([2H])c2[2H])c([2H])c1[2H]. The summed E-state index contributed by atoms with van der Waals surface area (Å²) in [6, 6.07) is 32.8. The van der Waals surface area contributed by atoms with Crippen LogP contribution in [0.25, 0.3) is 45.5 Å². The molecule has 0 heterocycles. The Balaban J connectivity index is 1.37. The Morgan fingerprint density at radius 3 is 1.71 bits per heavy atom. The monoisotopic (exact) mass is 753 g/mol. The van der Waals surface area contributed by atoms with Gasteiger partial charge in [-0.1, -0.05) is 207 Å². The second kappa shape index (κ2) is 15.9. The molecule has 58 heavy (non-hydrogen) atoms. The molecule has 8 aromatic carbocycles. The van der Waals surface area contributed by atoms with Gasteiger partial charge in [0.15, 0.2) is 0 Å². The number of allylic oxidation sites excluding steroid dienone is 4. The van der Waals surface area contributed by atoms with Crippen molar-refractivity contribution in [1.29, 1.82) is 0 Å². The van der Waals surface area contributed by atoms with Crippen LogP contribution in [-0.4, -0.2) is 0 Å². The Bertz CT molecular complexity index is 3390. The second-order valence-electron chi connectivity index (χ2n) is 13.6. The molecule has 9 rings (SSSR count). The first-order chi connectivity index (χ1) is 33.7. The summed E-state index contributed by atoms with van der Waals surface area (Å²) in [5.74, 6) is 0. The molecule has 0 fully saturated rings. The molecule has 0 bridgehead atoms. The molecule has 0 saturated heterocycles. The molecule has 8 aromatic rings. The number of hydrogen-bond acceptors (Lipinski definition) is 1. The highest BCUT2D eigenvalue weighted by atomic mass is 15.1. The topological polar surface area (TPSA) is 3.24 Å². The highest BCUT2D eigenvalue weighted by Gasteiger charge is 2.46. The average molecular weight is 754 g/mol. The zero-order chi connectivity index (χ0) is 49.8. The van der Waals surface area contributed by atoms with Gasteiger partial charge < -0.3 is 4.90 Å². The number of anilines is 3. The molecule has 276 valence electrons. The van der Waals surface area contributed by atoms with Crippen molar-refractivity contribution in [2.45, 2.75) is 5.41 Å². The number of fused-ring (bicyclic) bond motifs is 3. The maximum atomic E-state index is 10.5. The third-order valence-electron chi connectivity index (χ3n) is 10.4. The van der Waals surface area contributed by atoms with Gasteiger partial charge in [0.2, 0.25) is 0 Å². The van der Waals surface area contributed by atoms with E-state index in [1.165, 1.54) is 4.90 Å². The van der Waals surface area contributed by atoms with E-state index in [0.717, 1.165) is 38.9 Å². The molecule has 0 amide bonds. The molecule has 0 spiro atoms. The van der Waals surface area contributed by atoms with Gasteiger partial charge in [-0.05, 0) is 109 Å². The number of nitrogens with zero attached hydrogens (tertiary/aromatic N) is 1. The van der Waals surface area contributed by atoms with Crippen LogP contribution in [0, 0.1) is 0 Å². The van der Waals surface area contributed by atoms with Crippen LogP contribution in [0.5, 0.6) is 0 Å². The minimum atomic E-state index is -1.20. The Kier molecular flexibility index (Phi) is 6.85. The molecule has 1 aliphatic rings. The Morgan fingerprint density at radius 1 is 0.448 bits per heavy atom. The molecule has 1 aliphatic carbocycles. The number of hydrogen-bond donors (Lipinski definition) is 0. The van der Waals surface area contributed by atoms with Crippen LogP contribution in [0.3, 0.4) is 0 Å². The zero-order valence-corrected chi connectivity index (χ0v) is 31.4. The summed E-state index contributed by atoms with van der Waals surface area (Å²) in [6.45, 7) is 7.61. The van der Waals surface area contributed by atoms with Gasteiger partial charge in [0.25, 0.3) is 0 Å². The molecule has 0 unspecified atom stereocenters. The largest absolute Gasteiger partial charge is 0.310 e. The lowest BCUT2D eigenvalue weighted by molar-refractivity contribution is 0.768. The van der Waals surface area contributed by atoms with Gasteiger partial charge in [-0.2, -0.15) is 0 Å². The summed E-state index contributed by atoms with van der Waals surface area (Å²) in [6.07, 6.45) is 10.9.